The van der Waals surface area contributed by atoms with Crippen LogP contribution in [0.25, 0.3) is 11.3 Å². The Kier molecular flexibility index (Phi) is 5.23. The number of carbonyl (C=O) groups is 1. The lowest BCUT2D eigenvalue weighted by Crippen LogP contribution is -2.38. The molecule has 3 heterocycles. The predicted molar refractivity (Wildman–Crippen MR) is 104 cm³/mol. The quantitative estimate of drug-likeness (QED) is 0.697. The molecule has 142 valence electrons. The first-order valence-corrected chi connectivity index (χ1v) is 9.28. The summed E-state index contributed by atoms with van der Waals surface area (Å²) in [4.78, 5) is 23.2. The van der Waals surface area contributed by atoms with Crippen LogP contribution in [0.5, 0.6) is 5.88 Å². The van der Waals surface area contributed by atoms with E-state index >= 15 is 0 Å². The smallest absolute Gasteiger partial charge is 0.253 e. The SMILES string of the molecule is COc1ccc(-c2cccc(C(=O)N3CCC(c4ccncn4)CC3)c2)nn1. The van der Waals surface area contributed by atoms with E-state index in [9.17, 15) is 4.79 Å². The minimum Gasteiger partial charge on any atom is -0.480 e. The van der Waals surface area contributed by atoms with Gasteiger partial charge in [0.15, 0.2) is 0 Å². The molecular weight excluding hydrogens is 354 g/mol. The molecule has 1 amide bonds. The van der Waals surface area contributed by atoms with Crippen LogP contribution in [0.15, 0.2) is 55.0 Å². The topological polar surface area (TPSA) is 81.1 Å². The molecule has 0 aliphatic carbocycles. The standard InChI is InChI=1S/C21H21N5O2/c1-28-20-6-5-19(24-25-20)16-3-2-4-17(13-16)21(27)26-11-8-15(9-12-26)18-7-10-22-14-23-18/h2-7,10,13-15H,8-9,11-12H2,1H3. The van der Waals surface area contributed by atoms with Gasteiger partial charge in [0.05, 0.1) is 12.8 Å². The predicted octanol–water partition coefficient (Wildman–Crippen LogP) is 2.96. The third-order valence-electron chi connectivity index (χ3n) is 5.06. The Bertz CT molecular complexity index is 939. The average Bonchev–Trinajstić information content (AvgIpc) is 2.79. The van der Waals surface area contributed by atoms with Crippen molar-refractivity contribution in [3.05, 3.63) is 66.2 Å². The highest BCUT2D eigenvalue weighted by Gasteiger charge is 2.25. The van der Waals surface area contributed by atoms with Crippen LogP contribution in [-0.4, -0.2) is 51.2 Å². The number of likely N-dealkylation sites (tertiary alicyclic amines) is 1. The minimum absolute atomic E-state index is 0.0458. The normalized spacial score (nSPS) is 14.7. The van der Waals surface area contributed by atoms with Gasteiger partial charge in [0.1, 0.15) is 6.33 Å². The van der Waals surface area contributed by atoms with Crippen molar-refractivity contribution >= 4 is 5.91 Å². The molecular formula is C21H21N5O2. The first-order valence-electron chi connectivity index (χ1n) is 9.28. The van der Waals surface area contributed by atoms with Crippen molar-refractivity contribution < 1.29 is 9.53 Å². The summed E-state index contributed by atoms with van der Waals surface area (Å²) in [6.45, 7) is 1.44. The molecule has 2 aromatic heterocycles. The molecule has 3 aromatic rings. The molecule has 7 nitrogen and oxygen atoms in total. The largest absolute Gasteiger partial charge is 0.480 e. The van der Waals surface area contributed by atoms with E-state index in [-0.39, 0.29) is 5.91 Å². The lowest BCUT2D eigenvalue weighted by Gasteiger charge is -2.31. The third-order valence-corrected chi connectivity index (χ3v) is 5.06. The molecule has 28 heavy (non-hydrogen) atoms. The second kappa shape index (κ2) is 8.12. The molecule has 0 bridgehead atoms. The van der Waals surface area contributed by atoms with Crippen LogP contribution in [-0.2, 0) is 0 Å². The zero-order valence-corrected chi connectivity index (χ0v) is 15.7. The number of amides is 1. The lowest BCUT2D eigenvalue weighted by molar-refractivity contribution is 0.0712. The van der Waals surface area contributed by atoms with E-state index in [2.05, 4.69) is 20.2 Å². The maximum atomic E-state index is 13.0. The van der Waals surface area contributed by atoms with E-state index in [1.54, 1.807) is 25.7 Å². The van der Waals surface area contributed by atoms with Crippen LogP contribution < -0.4 is 4.74 Å². The second-order valence-corrected chi connectivity index (χ2v) is 6.74. The van der Waals surface area contributed by atoms with Crippen LogP contribution >= 0.6 is 0 Å². The van der Waals surface area contributed by atoms with Crippen molar-refractivity contribution in [3.63, 3.8) is 0 Å². The van der Waals surface area contributed by atoms with Gasteiger partial charge in [-0.1, -0.05) is 12.1 Å². The Labute approximate surface area is 163 Å². The zero-order valence-electron chi connectivity index (χ0n) is 15.7. The summed E-state index contributed by atoms with van der Waals surface area (Å²) in [5.41, 5.74) is 3.28. The molecule has 0 radical (unpaired) electrons. The fraction of sp³-hybridized carbons (Fsp3) is 0.286. The number of ether oxygens (including phenoxy) is 1. The zero-order chi connectivity index (χ0) is 19.3. The van der Waals surface area contributed by atoms with Crippen molar-refractivity contribution in [2.45, 2.75) is 18.8 Å². The molecule has 1 aliphatic rings. The Morgan fingerprint density at radius 2 is 1.96 bits per heavy atom. The van der Waals surface area contributed by atoms with Gasteiger partial charge in [-0.3, -0.25) is 4.79 Å². The first kappa shape index (κ1) is 18.0. The number of piperidine rings is 1. The molecule has 0 saturated carbocycles. The van der Waals surface area contributed by atoms with E-state index in [1.165, 1.54) is 0 Å². The number of nitrogens with zero attached hydrogens (tertiary/aromatic N) is 5. The number of aromatic nitrogens is 4. The van der Waals surface area contributed by atoms with Gasteiger partial charge in [0.25, 0.3) is 5.91 Å². The molecule has 4 rings (SSSR count). The van der Waals surface area contributed by atoms with Crippen LogP contribution in [0.3, 0.4) is 0 Å². The van der Waals surface area contributed by atoms with Crippen molar-refractivity contribution in [2.24, 2.45) is 0 Å². The second-order valence-electron chi connectivity index (χ2n) is 6.74. The van der Waals surface area contributed by atoms with Crippen molar-refractivity contribution in [1.29, 1.82) is 0 Å². The number of hydrogen-bond acceptors (Lipinski definition) is 6. The van der Waals surface area contributed by atoms with Crippen LogP contribution in [0, 0.1) is 0 Å². The molecule has 1 aliphatic heterocycles. The van der Waals surface area contributed by atoms with Crippen molar-refractivity contribution in [2.75, 3.05) is 20.2 Å². The maximum absolute atomic E-state index is 13.0. The fourth-order valence-electron chi connectivity index (χ4n) is 3.50. The van der Waals surface area contributed by atoms with Gasteiger partial charge < -0.3 is 9.64 Å². The van der Waals surface area contributed by atoms with Gasteiger partial charge in [-0.2, -0.15) is 0 Å². The maximum Gasteiger partial charge on any atom is 0.253 e. The van der Waals surface area contributed by atoms with E-state index in [1.807, 2.05) is 41.3 Å². The molecule has 1 saturated heterocycles. The first-order chi connectivity index (χ1) is 13.7. The van der Waals surface area contributed by atoms with Gasteiger partial charge in [-0.15, -0.1) is 10.2 Å². The number of methoxy groups -OCH3 is 1. The minimum atomic E-state index is 0.0458. The van der Waals surface area contributed by atoms with Crippen LogP contribution in [0.4, 0.5) is 0 Å². The van der Waals surface area contributed by atoms with Crippen molar-refractivity contribution in [1.82, 2.24) is 25.1 Å². The molecule has 7 heteroatoms. The monoisotopic (exact) mass is 375 g/mol. The van der Waals surface area contributed by atoms with E-state index < -0.39 is 0 Å². The summed E-state index contributed by atoms with van der Waals surface area (Å²) in [5, 5.41) is 8.16. The molecule has 1 fully saturated rings. The third kappa shape index (κ3) is 3.83. The van der Waals surface area contributed by atoms with Crippen molar-refractivity contribution in [3.8, 4) is 17.1 Å². The van der Waals surface area contributed by atoms with E-state index in [0.717, 1.165) is 37.2 Å². The fourth-order valence-corrected chi connectivity index (χ4v) is 3.50. The summed E-state index contributed by atoms with van der Waals surface area (Å²) < 4.78 is 5.04. The van der Waals surface area contributed by atoms with Gasteiger partial charge >= 0.3 is 0 Å². The highest BCUT2D eigenvalue weighted by atomic mass is 16.5. The summed E-state index contributed by atoms with van der Waals surface area (Å²) in [7, 11) is 1.55. The Morgan fingerprint density at radius 3 is 2.64 bits per heavy atom. The van der Waals surface area contributed by atoms with Gasteiger partial charge in [-0.05, 0) is 37.1 Å². The molecule has 0 N–H and O–H groups in total. The number of carbonyl (C=O) groups excluding carboxylic acids is 1. The van der Waals surface area contributed by atoms with Gasteiger partial charge in [0, 0.05) is 48.1 Å². The van der Waals surface area contributed by atoms with E-state index in [4.69, 9.17) is 4.74 Å². The number of rotatable bonds is 4. The molecule has 0 atom stereocenters. The molecule has 0 spiro atoms. The average molecular weight is 375 g/mol. The van der Waals surface area contributed by atoms with Crippen LogP contribution in [0.1, 0.15) is 34.8 Å². The Balaban J connectivity index is 1.45. The number of benzene rings is 1. The van der Waals surface area contributed by atoms with E-state index in [0.29, 0.717) is 23.1 Å². The highest BCUT2D eigenvalue weighted by Crippen LogP contribution is 2.27. The Hall–Kier alpha value is -3.35. The summed E-state index contributed by atoms with van der Waals surface area (Å²) >= 11 is 0. The summed E-state index contributed by atoms with van der Waals surface area (Å²) in [5.74, 6) is 0.889. The highest BCUT2D eigenvalue weighted by molar-refractivity contribution is 5.95. The summed E-state index contributed by atoms with van der Waals surface area (Å²) in [6, 6.07) is 13.1. The summed E-state index contributed by atoms with van der Waals surface area (Å²) in [6.07, 6.45) is 5.17. The number of hydrogen-bond donors (Lipinski definition) is 0. The van der Waals surface area contributed by atoms with Gasteiger partial charge in [0.2, 0.25) is 5.88 Å². The molecule has 0 unspecified atom stereocenters. The lowest BCUT2D eigenvalue weighted by atomic mass is 9.93. The van der Waals surface area contributed by atoms with Gasteiger partial charge in [-0.25, -0.2) is 9.97 Å². The van der Waals surface area contributed by atoms with Crippen LogP contribution in [0.2, 0.25) is 0 Å². The Morgan fingerprint density at radius 1 is 1.11 bits per heavy atom. The molecule has 1 aromatic carbocycles.